The van der Waals surface area contributed by atoms with Crippen molar-refractivity contribution in [3.8, 4) is 22.4 Å². The van der Waals surface area contributed by atoms with Gasteiger partial charge in [0.05, 0.1) is 6.20 Å². The fourth-order valence-electron chi connectivity index (χ4n) is 4.64. The summed E-state index contributed by atoms with van der Waals surface area (Å²) in [7, 11) is 0. The number of aromatic nitrogens is 3. The normalized spacial score (nSPS) is 11.8. The molecule has 0 spiro atoms. The zero-order valence-corrected chi connectivity index (χ0v) is 18.5. The highest BCUT2D eigenvalue weighted by Gasteiger charge is 2.19. The van der Waals surface area contributed by atoms with Crippen LogP contribution in [0, 0.1) is 0 Å². The van der Waals surface area contributed by atoms with E-state index in [1.807, 2.05) is 28.9 Å². The van der Waals surface area contributed by atoms with Gasteiger partial charge in [-0.1, -0.05) is 60.7 Å². The molecule has 3 aromatic heterocycles. The van der Waals surface area contributed by atoms with Gasteiger partial charge in [-0.05, 0) is 35.0 Å². The number of fused-ring (bicyclic) bond motifs is 6. The molecule has 0 radical (unpaired) electrons. The van der Waals surface area contributed by atoms with Crippen molar-refractivity contribution in [3.05, 3.63) is 91.1 Å². The monoisotopic (exact) mass is 445 g/mol. The first kappa shape index (κ1) is 18.0. The predicted molar refractivity (Wildman–Crippen MR) is 136 cm³/mol. The number of nitrogens with zero attached hydrogens (tertiary/aromatic N) is 3. The molecule has 0 N–H and O–H groups in total. The lowest BCUT2D eigenvalue weighted by molar-refractivity contribution is 0.874. The first-order chi connectivity index (χ1) is 15.9. The fraction of sp³-hybridized carbons (Fsp3) is 0. The molecule has 0 aliphatic heterocycles. The molecule has 3 heterocycles. The minimum absolute atomic E-state index is 0.872. The van der Waals surface area contributed by atoms with E-state index in [-0.39, 0.29) is 0 Å². The lowest BCUT2D eigenvalue weighted by atomic mass is 9.95. The molecule has 32 heavy (non-hydrogen) atoms. The quantitative estimate of drug-likeness (QED) is 0.271. The van der Waals surface area contributed by atoms with Gasteiger partial charge in [0.25, 0.3) is 0 Å². The van der Waals surface area contributed by atoms with Gasteiger partial charge in [0.2, 0.25) is 0 Å². The summed E-state index contributed by atoms with van der Waals surface area (Å²) in [5.41, 5.74) is 4.13. The van der Waals surface area contributed by atoms with E-state index in [9.17, 15) is 0 Å². The van der Waals surface area contributed by atoms with Gasteiger partial charge in [-0.15, -0.1) is 32.9 Å². The summed E-state index contributed by atoms with van der Waals surface area (Å²) in [6, 6.07) is 30.1. The van der Waals surface area contributed by atoms with Crippen molar-refractivity contribution in [2.75, 3.05) is 0 Å². The lowest BCUT2D eigenvalue weighted by Crippen LogP contribution is -1.95. The molecule has 0 saturated heterocycles. The Labute approximate surface area is 191 Å². The standard InChI is InChI=1S/C27H15N3S2/c1-3-11-21-17(7-1)25-16(9-5-13-23(25)31-21)20-15-28-30-29-27(20)19-10-6-14-24-26(19)18-8-2-4-12-22(18)32-24/h1-15H. The molecule has 0 amide bonds. The molecule has 0 aliphatic rings. The van der Waals surface area contributed by atoms with Crippen LogP contribution in [0.3, 0.4) is 0 Å². The van der Waals surface area contributed by atoms with Crippen LogP contribution in [0.1, 0.15) is 0 Å². The smallest absolute Gasteiger partial charge is 0.105 e. The Hall–Kier alpha value is -3.67. The molecular weight excluding hydrogens is 430 g/mol. The number of hydrogen-bond donors (Lipinski definition) is 0. The van der Waals surface area contributed by atoms with Crippen molar-refractivity contribution < 1.29 is 0 Å². The predicted octanol–water partition coefficient (Wildman–Crippen LogP) is 7.94. The lowest BCUT2D eigenvalue weighted by Gasteiger charge is -2.10. The molecular formula is C27H15N3S2. The summed E-state index contributed by atoms with van der Waals surface area (Å²) in [4.78, 5) is 0. The zero-order valence-electron chi connectivity index (χ0n) is 16.8. The minimum Gasteiger partial charge on any atom is -0.138 e. The third-order valence-corrected chi connectivity index (χ3v) is 8.26. The van der Waals surface area contributed by atoms with Crippen LogP contribution >= 0.6 is 22.7 Å². The van der Waals surface area contributed by atoms with Crippen LogP contribution < -0.4 is 0 Å². The van der Waals surface area contributed by atoms with E-state index in [1.165, 1.54) is 40.3 Å². The molecule has 150 valence electrons. The number of benzene rings is 4. The van der Waals surface area contributed by atoms with Crippen LogP contribution in [-0.2, 0) is 0 Å². The molecule has 4 aromatic carbocycles. The summed E-state index contributed by atoms with van der Waals surface area (Å²) in [5.74, 6) is 0. The van der Waals surface area contributed by atoms with Gasteiger partial charge in [0.1, 0.15) is 5.69 Å². The maximum absolute atomic E-state index is 4.58. The van der Waals surface area contributed by atoms with Crippen LogP contribution in [0.4, 0.5) is 0 Å². The van der Waals surface area contributed by atoms with Gasteiger partial charge in [-0.2, -0.15) is 0 Å². The third kappa shape index (κ3) is 2.55. The van der Waals surface area contributed by atoms with Crippen LogP contribution in [0.15, 0.2) is 91.1 Å². The Bertz CT molecular complexity index is 1660. The van der Waals surface area contributed by atoms with Crippen molar-refractivity contribution in [2.24, 2.45) is 0 Å². The highest BCUT2D eigenvalue weighted by Crippen LogP contribution is 2.44. The SMILES string of the molecule is c1ccc2c(c1)sc1cccc(-c3cnnnc3-c3cccc4sc5ccccc5c34)c12. The Morgan fingerprint density at radius 1 is 0.500 bits per heavy atom. The van der Waals surface area contributed by atoms with Gasteiger partial charge in [0.15, 0.2) is 0 Å². The second kappa shape index (κ2) is 6.92. The maximum Gasteiger partial charge on any atom is 0.105 e. The molecule has 3 nitrogen and oxygen atoms in total. The average molecular weight is 446 g/mol. The highest BCUT2D eigenvalue weighted by atomic mass is 32.1. The maximum atomic E-state index is 4.58. The van der Waals surface area contributed by atoms with Crippen LogP contribution in [0.25, 0.3) is 62.7 Å². The second-order valence-corrected chi connectivity index (χ2v) is 9.92. The van der Waals surface area contributed by atoms with E-state index in [0.717, 1.165) is 22.4 Å². The molecule has 0 bridgehead atoms. The van der Waals surface area contributed by atoms with Crippen molar-refractivity contribution in [1.29, 1.82) is 0 Å². The Morgan fingerprint density at radius 3 is 1.75 bits per heavy atom. The third-order valence-electron chi connectivity index (χ3n) is 5.99. The fourth-order valence-corrected chi connectivity index (χ4v) is 6.90. The molecule has 5 heteroatoms. The highest BCUT2D eigenvalue weighted by molar-refractivity contribution is 7.26. The minimum atomic E-state index is 0.872. The molecule has 0 aliphatic carbocycles. The van der Waals surface area contributed by atoms with Crippen LogP contribution in [0.2, 0.25) is 0 Å². The van der Waals surface area contributed by atoms with E-state index in [0.29, 0.717) is 0 Å². The van der Waals surface area contributed by atoms with Gasteiger partial charge in [-0.3, -0.25) is 0 Å². The summed E-state index contributed by atoms with van der Waals surface area (Å²) >= 11 is 3.64. The molecule has 0 unspecified atom stereocenters. The first-order valence-corrected chi connectivity index (χ1v) is 12.0. The van der Waals surface area contributed by atoms with Gasteiger partial charge >= 0.3 is 0 Å². The molecule has 0 fully saturated rings. The molecule has 7 aromatic rings. The van der Waals surface area contributed by atoms with Crippen molar-refractivity contribution in [2.45, 2.75) is 0 Å². The Balaban J connectivity index is 1.59. The van der Waals surface area contributed by atoms with E-state index >= 15 is 0 Å². The Morgan fingerprint density at radius 2 is 1.06 bits per heavy atom. The van der Waals surface area contributed by atoms with Crippen molar-refractivity contribution in [1.82, 2.24) is 15.4 Å². The molecule has 0 saturated carbocycles. The molecule has 7 rings (SSSR count). The average Bonchev–Trinajstić information content (AvgIpc) is 3.42. The van der Waals surface area contributed by atoms with Crippen LogP contribution in [-0.4, -0.2) is 15.4 Å². The van der Waals surface area contributed by atoms with Crippen molar-refractivity contribution >= 4 is 63.0 Å². The Kier molecular flexibility index (Phi) is 3.88. The number of hydrogen-bond acceptors (Lipinski definition) is 5. The summed E-state index contributed by atoms with van der Waals surface area (Å²) in [5, 5.41) is 17.8. The summed E-state index contributed by atoms with van der Waals surface area (Å²) < 4.78 is 5.10. The number of rotatable bonds is 2. The van der Waals surface area contributed by atoms with E-state index in [2.05, 4.69) is 100 Å². The van der Waals surface area contributed by atoms with Gasteiger partial charge in [0, 0.05) is 51.5 Å². The zero-order chi connectivity index (χ0) is 21.1. The van der Waals surface area contributed by atoms with Crippen molar-refractivity contribution in [3.63, 3.8) is 0 Å². The first-order valence-electron chi connectivity index (χ1n) is 10.4. The van der Waals surface area contributed by atoms with E-state index in [1.54, 1.807) is 0 Å². The topological polar surface area (TPSA) is 38.7 Å². The van der Waals surface area contributed by atoms with Crippen LogP contribution in [0.5, 0.6) is 0 Å². The largest absolute Gasteiger partial charge is 0.138 e. The summed E-state index contributed by atoms with van der Waals surface area (Å²) in [6.45, 7) is 0. The second-order valence-electron chi connectivity index (χ2n) is 7.75. The molecule has 0 atom stereocenters. The van der Waals surface area contributed by atoms with Gasteiger partial charge in [-0.25, -0.2) is 0 Å². The number of thiophene rings is 2. The van der Waals surface area contributed by atoms with E-state index in [4.69, 9.17) is 0 Å². The summed E-state index contributed by atoms with van der Waals surface area (Å²) in [6.07, 6.45) is 1.86. The van der Waals surface area contributed by atoms with E-state index < -0.39 is 0 Å². The van der Waals surface area contributed by atoms with Gasteiger partial charge < -0.3 is 0 Å².